The molecule has 0 aliphatic carbocycles. The van der Waals surface area contributed by atoms with Crippen LogP contribution in [0.5, 0.6) is 0 Å². The third-order valence-electron chi connectivity index (χ3n) is 1.85. The Balaban J connectivity index is 2.57. The first-order valence-electron chi connectivity index (χ1n) is 4.32. The van der Waals surface area contributed by atoms with E-state index in [2.05, 4.69) is 5.32 Å². The van der Waals surface area contributed by atoms with E-state index in [-0.39, 0.29) is 11.0 Å². The molecule has 7 heteroatoms. The fourth-order valence-corrected chi connectivity index (χ4v) is 0.998. The number of halogens is 1. The molecule has 3 N–H and O–H groups in total. The van der Waals surface area contributed by atoms with Crippen molar-refractivity contribution in [2.75, 3.05) is 6.54 Å². The molecule has 1 aromatic heterocycles. The van der Waals surface area contributed by atoms with Gasteiger partial charge in [0.25, 0.3) is 5.91 Å². The summed E-state index contributed by atoms with van der Waals surface area (Å²) in [6.07, 6.45) is 0. The molecule has 1 unspecified atom stereocenters. The van der Waals surface area contributed by atoms with Gasteiger partial charge in [-0.1, -0.05) is 0 Å². The maximum atomic E-state index is 11.4. The van der Waals surface area contributed by atoms with Gasteiger partial charge in [-0.05, 0) is 30.7 Å². The molecule has 0 saturated heterocycles. The summed E-state index contributed by atoms with van der Waals surface area (Å²) in [7, 11) is 0. The van der Waals surface area contributed by atoms with Crippen molar-refractivity contribution in [3.05, 3.63) is 23.1 Å². The van der Waals surface area contributed by atoms with Gasteiger partial charge in [-0.25, -0.2) is 4.79 Å². The van der Waals surface area contributed by atoms with Gasteiger partial charge in [0.2, 0.25) is 0 Å². The Morgan fingerprint density at radius 1 is 1.56 bits per heavy atom. The molecule has 1 amide bonds. The van der Waals surface area contributed by atoms with Gasteiger partial charge in [0.05, 0.1) is 6.54 Å². The summed E-state index contributed by atoms with van der Waals surface area (Å²) in [6.45, 7) is 0.643. The van der Waals surface area contributed by atoms with Crippen LogP contribution in [0.3, 0.4) is 0 Å². The van der Waals surface area contributed by atoms with E-state index in [0.29, 0.717) is 0 Å². The number of carboxylic acids is 1. The van der Waals surface area contributed by atoms with Crippen molar-refractivity contribution < 1.29 is 24.2 Å². The molecule has 0 fully saturated rings. The van der Waals surface area contributed by atoms with Crippen LogP contribution in [0.25, 0.3) is 0 Å². The van der Waals surface area contributed by atoms with Crippen LogP contribution in [0, 0.1) is 0 Å². The van der Waals surface area contributed by atoms with E-state index in [0.717, 1.165) is 6.92 Å². The minimum atomic E-state index is -2.02. The van der Waals surface area contributed by atoms with Crippen LogP contribution in [-0.2, 0) is 4.79 Å². The number of carboxylic acid groups (broad SMARTS) is 1. The summed E-state index contributed by atoms with van der Waals surface area (Å²) in [5.74, 6) is -2.12. The summed E-state index contributed by atoms with van der Waals surface area (Å²) in [4.78, 5) is 21.9. The molecular formula is C9H10ClNO5. The maximum absolute atomic E-state index is 11.4. The molecule has 1 rings (SSSR count). The number of rotatable bonds is 4. The zero-order valence-electron chi connectivity index (χ0n) is 8.36. The van der Waals surface area contributed by atoms with Gasteiger partial charge in [0.1, 0.15) is 0 Å². The van der Waals surface area contributed by atoms with Gasteiger partial charge in [-0.2, -0.15) is 0 Å². The number of hydrogen-bond acceptors (Lipinski definition) is 4. The summed E-state index contributed by atoms with van der Waals surface area (Å²) >= 11 is 5.45. The Bertz CT molecular complexity index is 412. The van der Waals surface area contributed by atoms with Crippen molar-refractivity contribution in [2.45, 2.75) is 12.5 Å². The van der Waals surface area contributed by atoms with Crippen molar-refractivity contribution in [2.24, 2.45) is 0 Å². The van der Waals surface area contributed by atoms with Crippen LogP contribution >= 0.6 is 11.6 Å². The van der Waals surface area contributed by atoms with Crippen LogP contribution < -0.4 is 5.32 Å². The van der Waals surface area contributed by atoms with Crippen molar-refractivity contribution >= 4 is 23.5 Å². The molecule has 0 bridgehead atoms. The Kier molecular flexibility index (Phi) is 3.56. The van der Waals surface area contributed by atoms with Gasteiger partial charge >= 0.3 is 5.97 Å². The van der Waals surface area contributed by atoms with Crippen molar-refractivity contribution in [3.8, 4) is 0 Å². The number of carbonyl (C=O) groups is 2. The lowest BCUT2D eigenvalue weighted by molar-refractivity contribution is -0.155. The van der Waals surface area contributed by atoms with E-state index in [9.17, 15) is 14.7 Å². The summed E-state index contributed by atoms with van der Waals surface area (Å²) in [5.41, 5.74) is -2.02. The van der Waals surface area contributed by atoms with Gasteiger partial charge in [-0.3, -0.25) is 4.79 Å². The minimum Gasteiger partial charge on any atom is -0.479 e. The van der Waals surface area contributed by atoms with Crippen LogP contribution in [-0.4, -0.2) is 34.2 Å². The molecule has 0 spiro atoms. The molecule has 0 radical (unpaired) electrons. The largest absolute Gasteiger partial charge is 0.479 e. The Morgan fingerprint density at radius 2 is 2.19 bits per heavy atom. The van der Waals surface area contributed by atoms with Gasteiger partial charge in [0.15, 0.2) is 16.6 Å². The van der Waals surface area contributed by atoms with Gasteiger partial charge in [0, 0.05) is 0 Å². The molecule has 0 aliphatic rings. The molecule has 16 heavy (non-hydrogen) atoms. The van der Waals surface area contributed by atoms with Gasteiger partial charge in [-0.15, -0.1) is 0 Å². The van der Waals surface area contributed by atoms with Crippen molar-refractivity contribution in [1.82, 2.24) is 5.32 Å². The summed E-state index contributed by atoms with van der Waals surface area (Å²) in [5, 5.41) is 20.2. The Labute approximate surface area is 95.8 Å². The molecule has 88 valence electrons. The first kappa shape index (κ1) is 12.5. The lowest BCUT2D eigenvalue weighted by Crippen LogP contribution is -2.46. The highest BCUT2D eigenvalue weighted by molar-refractivity contribution is 6.29. The SMILES string of the molecule is CC(O)(CNC(=O)c1ccc(Cl)o1)C(=O)O. The van der Waals surface area contributed by atoms with Crippen LogP contribution in [0.1, 0.15) is 17.5 Å². The second kappa shape index (κ2) is 4.54. The third-order valence-corrected chi connectivity index (χ3v) is 2.05. The number of hydrogen-bond donors (Lipinski definition) is 3. The second-order valence-corrected chi connectivity index (χ2v) is 3.74. The highest BCUT2D eigenvalue weighted by Crippen LogP contribution is 2.13. The fraction of sp³-hybridized carbons (Fsp3) is 0.333. The molecule has 1 atom stereocenters. The number of furan rings is 1. The van der Waals surface area contributed by atoms with Crippen LogP contribution in [0.4, 0.5) is 0 Å². The molecule has 0 saturated carbocycles. The first-order chi connectivity index (χ1) is 7.33. The maximum Gasteiger partial charge on any atom is 0.337 e. The van der Waals surface area contributed by atoms with E-state index in [4.69, 9.17) is 21.1 Å². The van der Waals surface area contributed by atoms with Crippen molar-refractivity contribution in [3.63, 3.8) is 0 Å². The monoisotopic (exact) mass is 247 g/mol. The highest BCUT2D eigenvalue weighted by Gasteiger charge is 2.30. The Morgan fingerprint density at radius 3 is 2.62 bits per heavy atom. The van der Waals surface area contributed by atoms with E-state index in [1.807, 2.05) is 0 Å². The van der Waals surface area contributed by atoms with Crippen LogP contribution in [0.2, 0.25) is 5.22 Å². The number of amides is 1. The molecule has 0 aromatic carbocycles. The normalized spacial score (nSPS) is 14.2. The lowest BCUT2D eigenvalue weighted by atomic mass is 10.1. The summed E-state index contributed by atoms with van der Waals surface area (Å²) < 4.78 is 4.80. The first-order valence-corrected chi connectivity index (χ1v) is 4.70. The Hall–Kier alpha value is -1.53. The molecular weight excluding hydrogens is 238 g/mol. The summed E-state index contributed by atoms with van der Waals surface area (Å²) in [6, 6.07) is 2.72. The number of nitrogens with one attached hydrogen (secondary N) is 1. The number of aliphatic carboxylic acids is 1. The van der Waals surface area contributed by atoms with E-state index < -0.39 is 24.0 Å². The molecule has 6 nitrogen and oxygen atoms in total. The topological polar surface area (TPSA) is 99.8 Å². The second-order valence-electron chi connectivity index (χ2n) is 3.37. The molecule has 1 aromatic rings. The number of carbonyl (C=O) groups excluding carboxylic acids is 1. The molecule has 1 heterocycles. The zero-order valence-corrected chi connectivity index (χ0v) is 9.11. The molecule has 0 aliphatic heterocycles. The van der Waals surface area contributed by atoms with E-state index in [1.165, 1.54) is 12.1 Å². The van der Waals surface area contributed by atoms with E-state index in [1.54, 1.807) is 0 Å². The quantitative estimate of drug-likeness (QED) is 0.719. The number of aliphatic hydroxyl groups is 1. The minimum absolute atomic E-state index is 0.0498. The predicted octanol–water partition coefficient (Wildman–Crippen LogP) is 0.498. The third kappa shape index (κ3) is 2.98. The van der Waals surface area contributed by atoms with Crippen LogP contribution in [0.15, 0.2) is 16.5 Å². The fourth-order valence-electron chi connectivity index (χ4n) is 0.851. The standard InChI is InChI=1S/C9H10ClNO5/c1-9(15,8(13)14)4-11-7(12)5-2-3-6(10)16-5/h2-3,15H,4H2,1H3,(H,11,12)(H,13,14). The smallest absolute Gasteiger partial charge is 0.337 e. The average molecular weight is 248 g/mol. The van der Waals surface area contributed by atoms with Gasteiger partial charge < -0.3 is 19.9 Å². The van der Waals surface area contributed by atoms with Crippen molar-refractivity contribution in [1.29, 1.82) is 0 Å². The average Bonchev–Trinajstić information content (AvgIpc) is 2.61. The lowest BCUT2D eigenvalue weighted by Gasteiger charge is -2.17. The predicted molar refractivity (Wildman–Crippen MR) is 54.3 cm³/mol. The zero-order chi connectivity index (χ0) is 12.3. The van der Waals surface area contributed by atoms with E-state index >= 15 is 0 Å². The highest BCUT2D eigenvalue weighted by atomic mass is 35.5.